The summed E-state index contributed by atoms with van der Waals surface area (Å²) < 4.78 is 24.2. The number of fused-ring (bicyclic) bond motifs is 13. The Balaban J connectivity index is 0.771. The van der Waals surface area contributed by atoms with Gasteiger partial charge in [0.1, 0.15) is 23.5 Å². The molecule has 5 aliphatic rings. The zero-order chi connectivity index (χ0) is 41.3. The van der Waals surface area contributed by atoms with Crippen molar-refractivity contribution in [2.24, 2.45) is 46.3 Å². The zero-order valence-electron chi connectivity index (χ0n) is 37.1. The molecule has 1 saturated heterocycles. The first kappa shape index (κ1) is 39.9. The van der Waals surface area contributed by atoms with Crippen molar-refractivity contribution >= 4 is 55.1 Å². The van der Waals surface area contributed by atoms with Crippen molar-refractivity contribution in [3.8, 4) is 5.75 Å². The van der Waals surface area contributed by atoms with Crippen LogP contribution in [0.3, 0.4) is 0 Å². The third kappa shape index (κ3) is 6.69. The van der Waals surface area contributed by atoms with Crippen LogP contribution in [0.15, 0.2) is 76.9 Å². The second kappa shape index (κ2) is 15.6. The first-order chi connectivity index (χ1) is 29.1. The summed E-state index contributed by atoms with van der Waals surface area (Å²) in [5, 5.41) is 8.07. The number of hydrogen-bond acceptors (Lipinski definition) is 6. The van der Waals surface area contributed by atoms with Gasteiger partial charge < -0.3 is 23.5 Å². The van der Waals surface area contributed by atoms with Gasteiger partial charge in [0.25, 0.3) is 0 Å². The van der Waals surface area contributed by atoms with Crippen molar-refractivity contribution in [1.29, 1.82) is 0 Å². The second-order valence-electron chi connectivity index (χ2n) is 20.8. The Hall–Kier alpha value is -4.19. The predicted octanol–water partition coefficient (Wildman–Crippen LogP) is 14.4. The van der Waals surface area contributed by atoms with Crippen LogP contribution in [-0.2, 0) is 9.47 Å². The van der Waals surface area contributed by atoms with E-state index < -0.39 is 6.16 Å². The van der Waals surface area contributed by atoms with E-state index >= 15 is 0 Å². The van der Waals surface area contributed by atoms with Crippen molar-refractivity contribution in [2.75, 3.05) is 25.1 Å². The van der Waals surface area contributed by atoms with Crippen LogP contribution >= 0.6 is 0 Å². The Bertz CT molecular complexity index is 2440. The number of carbonyl (C=O) groups is 1. The van der Waals surface area contributed by atoms with Crippen LogP contribution in [0.4, 0.5) is 10.5 Å². The van der Waals surface area contributed by atoms with Gasteiger partial charge in [-0.2, -0.15) is 0 Å². The van der Waals surface area contributed by atoms with Crippen molar-refractivity contribution in [2.45, 2.75) is 130 Å². The molecule has 3 saturated carbocycles. The van der Waals surface area contributed by atoms with E-state index in [0.29, 0.717) is 5.41 Å². The molecule has 5 aromatic rings. The number of allylic oxidation sites excluding steroid dienone is 1. The van der Waals surface area contributed by atoms with Crippen LogP contribution in [0.5, 0.6) is 5.75 Å². The first-order valence-electron chi connectivity index (χ1n) is 23.7. The molecule has 4 aliphatic carbocycles. The Kier molecular flexibility index (Phi) is 10.4. The van der Waals surface area contributed by atoms with E-state index in [4.69, 9.17) is 18.6 Å². The molecule has 1 aliphatic heterocycles. The van der Waals surface area contributed by atoms with Gasteiger partial charge >= 0.3 is 6.16 Å². The largest absolute Gasteiger partial charge is 0.508 e. The molecule has 0 bridgehead atoms. The minimum Gasteiger partial charge on any atom is -0.496 e. The van der Waals surface area contributed by atoms with Crippen LogP contribution in [0.1, 0.15) is 118 Å². The highest BCUT2D eigenvalue weighted by Crippen LogP contribution is 2.67. The third-order valence-corrected chi connectivity index (χ3v) is 17.3. The number of carbonyl (C=O) groups excluding carboxylic acids is 1. The van der Waals surface area contributed by atoms with Gasteiger partial charge in [0.15, 0.2) is 0 Å². The molecule has 8 unspecified atom stereocenters. The number of nitrogens with zero attached hydrogens (tertiary/aromatic N) is 1. The Morgan fingerprint density at radius 3 is 2.45 bits per heavy atom. The number of hydrogen-bond donors (Lipinski definition) is 0. The predicted molar refractivity (Wildman–Crippen MR) is 245 cm³/mol. The number of methoxy groups -OCH3 is 1. The fourth-order valence-corrected chi connectivity index (χ4v) is 14.2. The summed E-state index contributed by atoms with van der Waals surface area (Å²) in [4.78, 5) is 15.8. The molecule has 4 aromatic carbocycles. The van der Waals surface area contributed by atoms with Gasteiger partial charge in [0.05, 0.1) is 18.8 Å². The van der Waals surface area contributed by atoms with E-state index in [-0.39, 0.29) is 17.6 Å². The first-order valence-corrected chi connectivity index (χ1v) is 23.7. The topological polar surface area (TPSA) is 61.1 Å². The Labute approximate surface area is 357 Å². The molecule has 2 heterocycles. The van der Waals surface area contributed by atoms with Gasteiger partial charge in [0.2, 0.25) is 0 Å². The second-order valence-corrected chi connectivity index (χ2v) is 20.8. The molecule has 0 N–H and O–H groups in total. The highest BCUT2D eigenvalue weighted by Gasteiger charge is 2.59. The van der Waals surface area contributed by atoms with E-state index in [1.807, 2.05) is 6.07 Å². The van der Waals surface area contributed by atoms with E-state index in [1.165, 1.54) is 78.6 Å². The van der Waals surface area contributed by atoms with E-state index in [2.05, 4.69) is 94.1 Å². The maximum Gasteiger partial charge on any atom is 0.508 e. The molecule has 10 rings (SSSR count). The standard InChI is InChI=1S/C54H67NO5/c1-33(2)10-9-11-34(3)45-18-19-46-42-16-14-36-31-39(20-25-53(36,4)47(42)21-26-54(45,46)5)60-52(56)59-38-22-27-55(28-23-38)37-15-17-41-43(32-37)49-40-13-8-7-12-35(40)30-44(49)50-48(57-6)24-29-58-51(41)50/h7-8,12-15,17,24,29-30,32-34,38-39,42,45-47H,9-11,16,18-23,25-28,31H2,1-6H3. The molecule has 8 atom stereocenters. The molecular formula is C54H67NO5. The van der Waals surface area contributed by atoms with Gasteiger partial charge in [-0.15, -0.1) is 0 Å². The van der Waals surface area contributed by atoms with E-state index in [0.717, 1.165) is 108 Å². The quantitative estimate of drug-likeness (QED) is 0.0839. The molecule has 1 aromatic heterocycles. The van der Waals surface area contributed by atoms with Crippen molar-refractivity contribution in [1.82, 2.24) is 0 Å². The lowest BCUT2D eigenvalue weighted by molar-refractivity contribution is -0.0643. The monoisotopic (exact) mass is 810 g/mol. The van der Waals surface area contributed by atoms with Gasteiger partial charge in [-0.3, -0.25) is 0 Å². The van der Waals surface area contributed by atoms with E-state index in [1.54, 1.807) is 18.9 Å². The normalized spacial score (nSPS) is 30.0. The van der Waals surface area contributed by atoms with Gasteiger partial charge in [-0.1, -0.05) is 89.8 Å². The number of ether oxygens (including phenoxy) is 3. The van der Waals surface area contributed by atoms with Crippen LogP contribution in [0.2, 0.25) is 0 Å². The van der Waals surface area contributed by atoms with Gasteiger partial charge in [0, 0.05) is 49.5 Å². The molecule has 4 fully saturated rings. The number of benzene rings is 3. The molecule has 0 radical (unpaired) electrons. The van der Waals surface area contributed by atoms with Crippen LogP contribution in [0.25, 0.3) is 43.3 Å². The minimum atomic E-state index is -0.480. The lowest BCUT2D eigenvalue weighted by atomic mass is 9.47. The summed E-state index contributed by atoms with van der Waals surface area (Å²) >= 11 is 0. The van der Waals surface area contributed by atoms with Crippen molar-refractivity contribution < 1.29 is 23.4 Å². The molecule has 0 amide bonds. The maximum absolute atomic E-state index is 13.4. The maximum atomic E-state index is 13.4. The number of anilines is 1. The molecule has 318 valence electrons. The lowest BCUT2D eigenvalue weighted by Crippen LogP contribution is -2.51. The van der Waals surface area contributed by atoms with Gasteiger partial charge in [-0.05, 0) is 142 Å². The lowest BCUT2D eigenvalue weighted by Gasteiger charge is -2.58. The van der Waals surface area contributed by atoms with Crippen LogP contribution < -0.4 is 9.64 Å². The SMILES string of the molecule is COc1ccoc2c3ccc(N4CCC(OC(=O)OC5CCC6(C)C(=CCC7C6CCC6(C)C(C(C)CCCC(C)C)CCC76)C5)CC4)cc3c3c4ccccc4cc3c12. The number of rotatable bonds is 9. The molecule has 0 spiro atoms. The highest BCUT2D eigenvalue weighted by molar-refractivity contribution is 6.33. The summed E-state index contributed by atoms with van der Waals surface area (Å²) in [6.07, 6.45) is 19.1. The summed E-state index contributed by atoms with van der Waals surface area (Å²) in [7, 11) is 1.72. The third-order valence-electron chi connectivity index (χ3n) is 17.3. The summed E-state index contributed by atoms with van der Waals surface area (Å²) in [6, 6.07) is 19.5. The molecule has 60 heavy (non-hydrogen) atoms. The summed E-state index contributed by atoms with van der Waals surface area (Å²) in [5.41, 5.74) is 4.31. The highest BCUT2D eigenvalue weighted by atomic mass is 16.7. The fourth-order valence-electron chi connectivity index (χ4n) is 14.2. The minimum absolute atomic E-state index is 0.0886. The summed E-state index contributed by atoms with van der Waals surface area (Å²) in [6.45, 7) is 14.2. The zero-order valence-corrected chi connectivity index (χ0v) is 37.1. The molecule has 6 heteroatoms. The number of piperidine rings is 1. The molecule has 6 nitrogen and oxygen atoms in total. The van der Waals surface area contributed by atoms with Crippen molar-refractivity contribution in [3.63, 3.8) is 0 Å². The van der Waals surface area contributed by atoms with E-state index in [9.17, 15) is 4.79 Å². The average molecular weight is 810 g/mol. The van der Waals surface area contributed by atoms with Crippen LogP contribution in [0, 0.1) is 46.3 Å². The Morgan fingerprint density at radius 1 is 0.817 bits per heavy atom. The summed E-state index contributed by atoms with van der Waals surface area (Å²) in [5.74, 6) is 5.79. The Morgan fingerprint density at radius 2 is 1.63 bits per heavy atom. The molecular weight excluding hydrogens is 743 g/mol. The smallest absolute Gasteiger partial charge is 0.496 e. The average Bonchev–Trinajstić information content (AvgIpc) is 3.82. The van der Waals surface area contributed by atoms with Crippen LogP contribution in [-0.4, -0.2) is 38.6 Å². The van der Waals surface area contributed by atoms with Crippen molar-refractivity contribution in [3.05, 3.63) is 72.5 Å². The van der Waals surface area contributed by atoms with Gasteiger partial charge in [-0.25, -0.2) is 4.79 Å². The fraction of sp³-hybridized carbons (Fsp3) is 0.574.